The summed E-state index contributed by atoms with van der Waals surface area (Å²) >= 11 is 0. The van der Waals surface area contributed by atoms with Crippen molar-refractivity contribution in [1.82, 2.24) is 5.32 Å². The monoisotopic (exact) mass is 222 g/mol. The highest BCUT2D eigenvalue weighted by Crippen LogP contribution is 2.32. The molecular weight excluding hydrogens is 208 g/mol. The number of sulfonamides is 1. The third kappa shape index (κ3) is 4.03. The van der Waals surface area contributed by atoms with Crippen molar-refractivity contribution in [2.24, 2.45) is 11.1 Å². The lowest BCUT2D eigenvalue weighted by Crippen LogP contribution is -2.41. The molecule has 82 valence electrons. The maximum Gasteiger partial charge on any atom is 0.320 e. The molecule has 0 radical (unpaired) electrons. The molecule has 1 rings (SSSR count). The summed E-state index contributed by atoms with van der Waals surface area (Å²) in [5.41, 5.74) is 0. The Morgan fingerprint density at radius 2 is 2.14 bits per heavy atom. The van der Waals surface area contributed by atoms with Crippen LogP contribution in [-0.4, -0.2) is 37.8 Å². The van der Waals surface area contributed by atoms with Crippen LogP contribution in [0.15, 0.2) is 0 Å². The second kappa shape index (κ2) is 4.24. The molecule has 1 fully saturated rings. The van der Waals surface area contributed by atoms with Crippen molar-refractivity contribution in [2.45, 2.75) is 18.9 Å². The van der Waals surface area contributed by atoms with Gasteiger partial charge in [-0.3, -0.25) is 4.79 Å². The number of hydrogen-bond acceptors (Lipinski definition) is 4. The van der Waals surface area contributed by atoms with Crippen molar-refractivity contribution in [3.05, 3.63) is 0 Å². The zero-order valence-electron chi connectivity index (χ0n) is 7.64. The Hall–Kier alpha value is -0.660. The molecule has 6 nitrogen and oxygen atoms in total. The van der Waals surface area contributed by atoms with Gasteiger partial charge in [0.25, 0.3) is 0 Å². The second-order valence-corrected chi connectivity index (χ2v) is 5.21. The molecule has 0 spiro atoms. The molecule has 1 saturated carbocycles. The Bertz CT molecular complexity index is 310. The Kier molecular flexibility index (Phi) is 3.46. The number of hydrogen-bond donors (Lipinski definition) is 3. The first-order valence-corrected chi connectivity index (χ1v) is 6.08. The van der Waals surface area contributed by atoms with Crippen LogP contribution in [0.25, 0.3) is 0 Å². The zero-order valence-corrected chi connectivity index (χ0v) is 8.46. The first-order valence-electron chi connectivity index (χ1n) is 4.37. The van der Waals surface area contributed by atoms with E-state index in [1.165, 1.54) is 0 Å². The Balaban J connectivity index is 2.31. The highest BCUT2D eigenvalue weighted by Gasteiger charge is 2.35. The molecule has 0 aromatic rings. The predicted octanol–water partition coefficient (Wildman–Crippen LogP) is -1.27. The van der Waals surface area contributed by atoms with Crippen LogP contribution in [0, 0.1) is 5.92 Å². The van der Waals surface area contributed by atoms with Crippen molar-refractivity contribution >= 4 is 16.0 Å². The number of carbonyl (C=O) groups is 1. The first-order chi connectivity index (χ1) is 6.40. The fourth-order valence-corrected chi connectivity index (χ4v) is 1.64. The van der Waals surface area contributed by atoms with Gasteiger partial charge in [-0.2, -0.15) is 0 Å². The Morgan fingerprint density at radius 3 is 2.50 bits per heavy atom. The minimum Gasteiger partial charge on any atom is -0.480 e. The standard InChI is InChI=1S/C7H14N2O4S/c8-14(12,13)4-3-9-6(7(10)11)5-1-2-5/h5-6,9H,1-4H2,(H,10,11)(H2,8,12,13). The van der Waals surface area contributed by atoms with Crippen molar-refractivity contribution in [1.29, 1.82) is 0 Å². The van der Waals surface area contributed by atoms with Crippen molar-refractivity contribution in [2.75, 3.05) is 12.3 Å². The molecule has 0 aromatic carbocycles. The highest BCUT2D eigenvalue weighted by atomic mass is 32.2. The lowest BCUT2D eigenvalue weighted by molar-refractivity contribution is -0.140. The molecule has 0 amide bonds. The quantitative estimate of drug-likeness (QED) is 0.519. The predicted molar refractivity (Wildman–Crippen MR) is 50.1 cm³/mol. The number of nitrogens with two attached hydrogens (primary N) is 1. The fraction of sp³-hybridized carbons (Fsp3) is 0.857. The SMILES string of the molecule is NS(=O)(=O)CCNC(C(=O)O)C1CC1. The van der Waals surface area contributed by atoms with Crippen molar-refractivity contribution in [3.63, 3.8) is 0 Å². The van der Waals surface area contributed by atoms with Gasteiger partial charge in [0.1, 0.15) is 6.04 Å². The largest absolute Gasteiger partial charge is 0.480 e. The number of carboxylic acid groups (broad SMARTS) is 1. The van der Waals surface area contributed by atoms with E-state index in [0.29, 0.717) is 0 Å². The number of carboxylic acids is 1. The van der Waals surface area contributed by atoms with Crippen LogP contribution in [0.2, 0.25) is 0 Å². The van der Waals surface area contributed by atoms with Gasteiger partial charge >= 0.3 is 5.97 Å². The Labute approximate surface area is 82.5 Å². The van der Waals surface area contributed by atoms with Crippen molar-refractivity contribution in [3.8, 4) is 0 Å². The molecule has 0 aliphatic heterocycles. The van der Waals surface area contributed by atoms with E-state index in [4.69, 9.17) is 10.2 Å². The molecule has 0 aromatic heterocycles. The van der Waals surface area contributed by atoms with Crippen LogP contribution in [0.1, 0.15) is 12.8 Å². The molecule has 1 atom stereocenters. The van der Waals surface area contributed by atoms with Gasteiger partial charge < -0.3 is 10.4 Å². The smallest absolute Gasteiger partial charge is 0.320 e. The maximum absolute atomic E-state index is 10.7. The third-order valence-corrected chi connectivity index (χ3v) is 2.88. The minimum absolute atomic E-state index is 0.0896. The number of primary sulfonamides is 1. The van der Waals surface area contributed by atoms with E-state index in [1.54, 1.807) is 0 Å². The van der Waals surface area contributed by atoms with Crippen LogP contribution < -0.4 is 10.5 Å². The van der Waals surface area contributed by atoms with E-state index in [0.717, 1.165) is 12.8 Å². The number of rotatable bonds is 6. The lowest BCUT2D eigenvalue weighted by atomic mass is 10.2. The van der Waals surface area contributed by atoms with Gasteiger partial charge in [-0.15, -0.1) is 0 Å². The number of nitrogens with one attached hydrogen (secondary N) is 1. The van der Waals surface area contributed by atoms with Crippen molar-refractivity contribution < 1.29 is 18.3 Å². The van der Waals surface area contributed by atoms with Crippen LogP contribution in [0.4, 0.5) is 0 Å². The molecule has 0 bridgehead atoms. The summed E-state index contributed by atoms with van der Waals surface area (Å²) in [6, 6.07) is -0.628. The molecule has 4 N–H and O–H groups in total. The average Bonchev–Trinajstić information content (AvgIpc) is 2.77. The average molecular weight is 222 g/mol. The first kappa shape index (κ1) is 11.4. The van der Waals surface area contributed by atoms with Crippen LogP contribution >= 0.6 is 0 Å². The molecule has 1 unspecified atom stereocenters. The summed E-state index contributed by atoms with van der Waals surface area (Å²) in [5.74, 6) is -1.02. The zero-order chi connectivity index (χ0) is 10.8. The van der Waals surface area contributed by atoms with E-state index in [2.05, 4.69) is 5.32 Å². The topological polar surface area (TPSA) is 109 Å². The summed E-state index contributed by atoms with van der Waals surface area (Å²) in [6.07, 6.45) is 1.78. The van der Waals surface area contributed by atoms with E-state index in [9.17, 15) is 13.2 Å². The molecule has 7 heteroatoms. The third-order valence-electron chi connectivity index (χ3n) is 2.11. The van der Waals surface area contributed by atoms with E-state index < -0.39 is 22.0 Å². The van der Waals surface area contributed by atoms with Gasteiger partial charge in [0, 0.05) is 6.54 Å². The van der Waals surface area contributed by atoms with Crippen LogP contribution in [-0.2, 0) is 14.8 Å². The minimum atomic E-state index is -3.51. The molecular formula is C7H14N2O4S. The van der Waals surface area contributed by atoms with Gasteiger partial charge in [0.2, 0.25) is 10.0 Å². The summed E-state index contributed by atoms with van der Waals surface area (Å²) in [6.45, 7) is 0.0896. The van der Waals surface area contributed by atoms with Gasteiger partial charge in [-0.05, 0) is 18.8 Å². The summed E-state index contributed by atoms with van der Waals surface area (Å²) in [4.78, 5) is 10.7. The van der Waals surface area contributed by atoms with E-state index >= 15 is 0 Å². The number of aliphatic carboxylic acids is 1. The summed E-state index contributed by atoms with van der Waals surface area (Å²) < 4.78 is 21.1. The summed E-state index contributed by atoms with van der Waals surface area (Å²) in [5, 5.41) is 16.2. The molecule has 14 heavy (non-hydrogen) atoms. The van der Waals surface area contributed by atoms with E-state index in [-0.39, 0.29) is 18.2 Å². The van der Waals surface area contributed by atoms with Gasteiger partial charge in [0.15, 0.2) is 0 Å². The normalized spacial score (nSPS) is 19.2. The van der Waals surface area contributed by atoms with Gasteiger partial charge in [-0.25, -0.2) is 13.6 Å². The second-order valence-electron chi connectivity index (χ2n) is 3.47. The van der Waals surface area contributed by atoms with E-state index in [1.807, 2.05) is 0 Å². The molecule has 0 heterocycles. The summed E-state index contributed by atoms with van der Waals surface area (Å²) in [7, 11) is -3.51. The molecule has 1 aliphatic carbocycles. The lowest BCUT2D eigenvalue weighted by Gasteiger charge is -2.12. The molecule has 1 aliphatic rings. The molecule has 0 saturated heterocycles. The fourth-order valence-electron chi connectivity index (χ4n) is 1.24. The van der Waals surface area contributed by atoms with Crippen LogP contribution in [0.5, 0.6) is 0 Å². The van der Waals surface area contributed by atoms with Crippen LogP contribution in [0.3, 0.4) is 0 Å². The van der Waals surface area contributed by atoms with Gasteiger partial charge in [-0.1, -0.05) is 0 Å². The Morgan fingerprint density at radius 1 is 1.57 bits per heavy atom. The highest BCUT2D eigenvalue weighted by molar-refractivity contribution is 7.89. The van der Waals surface area contributed by atoms with Gasteiger partial charge in [0.05, 0.1) is 5.75 Å². The maximum atomic E-state index is 10.7.